The minimum atomic E-state index is -4.47. The van der Waals surface area contributed by atoms with Gasteiger partial charge in [0.2, 0.25) is 0 Å². The van der Waals surface area contributed by atoms with Crippen LogP contribution in [0.2, 0.25) is 0 Å². The molecular weight excluding hydrogens is 581 g/mol. The van der Waals surface area contributed by atoms with E-state index in [2.05, 4.69) is 16.0 Å². The molecule has 0 aromatic heterocycles. The molecule has 2 aromatic rings. The lowest BCUT2D eigenvalue weighted by atomic mass is 9.93. The van der Waals surface area contributed by atoms with Gasteiger partial charge in [0, 0.05) is 45.0 Å². The predicted octanol–water partition coefficient (Wildman–Crippen LogP) is 4.00. The van der Waals surface area contributed by atoms with Crippen LogP contribution >= 0.6 is 0 Å². The number of nitrogens with zero attached hydrogens (tertiary/aromatic N) is 2. The average Bonchev–Trinajstić information content (AvgIpc) is 2.96. The third-order valence-corrected chi connectivity index (χ3v) is 7.21. The average molecular weight is 612 g/mol. The van der Waals surface area contributed by atoms with Gasteiger partial charge in [-0.1, -0.05) is 18.2 Å². The first-order valence-corrected chi connectivity index (χ1v) is 13.3. The number of piperidine rings is 1. The second-order valence-corrected chi connectivity index (χ2v) is 9.97. The molecule has 1 saturated heterocycles. The van der Waals surface area contributed by atoms with Crippen molar-refractivity contribution in [1.29, 1.82) is 0 Å². The van der Waals surface area contributed by atoms with Crippen LogP contribution in [-0.2, 0) is 15.7 Å². The molecule has 1 atom stereocenters. The quantitative estimate of drug-likeness (QED) is 0.250. The topological polar surface area (TPSA) is 123 Å². The number of carbonyl (C=O) groups is 3. The number of rotatable bonds is 9. The maximum atomic E-state index is 14.1. The molecule has 1 fully saturated rings. The monoisotopic (exact) mass is 611 g/mol. The lowest BCUT2D eigenvalue weighted by Crippen LogP contribution is -2.55. The molecule has 4 amide bonds. The Balaban J connectivity index is 1.39. The number of benzene rings is 2. The molecule has 2 aromatic carbocycles. The number of amides is 4. The van der Waals surface area contributed by atoms with Crippen molar-refractivity contribution >= 4 is 23.7 Å². The van der Waals surface area contributed by atoms with Crippen LogP contribution < -0.4 is 20.9 Å². The van der Waals surface area contributed by atoms with Crippen molar-refractivity contribution in [1.82, 2.24) is 20.9 Å². The highest BCUT2D eigenvalue weighted by atomic mass is 19.4. The number of hydrogen-bond donors (Lipinski definition) is 4. The van der Waals surface area contributed by atoms with Gasteiger partial charge in [-0.25, -0.2) is 28.1 Å². The third-order valence-electron chi connectivity index (χ3n) is 7.21. The largest absolute Gasteiger partial charge is 0.478 e. The Morgan fingerprint density at radius 2 is 1.77 bits per heavy atom. The van der Waals surface area contributed by atoms with Crippen molar-refractivity contribution in [2.45, 2.75) is 31.1 Å². The molecule has 4 N–H and O–H groups in total. The van der Waals surface area contributed by atoms with E-state index in [0.717, 1.165) is 18.2 Å². The minimum absolute atomic E-state index is 0.00127. The van der Waals surface area contributed by atoms with Gasteiger partial charge in [-0.3, -0.25) is 0 Å². The van der Waals surface area contributed by atoms with Crippen molar-refractivity contribution in [3.8, 4) is 0 Å². The van der Waals surface area contributed by atoms with Gasteiger partial charge in [-0.2, -0.15) is 13.2 Å². The Morgan fingerprint density at radius 3 is 2.40 bits per heavy atom. The first kappa shape index (κ1) is 31.7. The highest BCUT2D eigenvalue weighted by molar-refractivity contribution is 6.01. The molecule has 0 unspecified atom stereocenters. The number of carbonyl (C=O) groups excluding carboxylic acids is 2. The van der Waals surface area contributed by atoms with Crippen molar-refractivity contribution in [3.63, 3.8) is 0 Å². The van der Waals surface area contributed by atoms with Gasteiger partial charge in [0.05, 0.1) is 23.4 Å². The van der Waals surface area contributed by atoms with Gasteiger partial charge < -0.3 is 30.7 Å². The van der Waals surface area contributed by atoms with Gasteiger partial charge in [0.1, 0.15) is 6.04 Å². The van der Waals surface area contributed by atoms with E-state index in [0.29, 0.717) is 36.9 Å². The Hall–Kier alpha value is -4.24. The molecule has 0 bridgehead atoms. The number of urea groups is 2. The summed E-state index contributed by atoms with van der Waals surface area (Å²) in [7, 11) is 1.27. The zero-order valence-corrected chi connectivity index (χ0v) is 23.0. The number of hydrogen-bond acceptors (Lipinski definition) is 6. The molecule has 2 aliphatic rings. The first-order valence-electron chi connectivity index (χ1n) is 13.3. The van der Waals surface area contributed by atoms with Gasteiger partial charge in [0.25, 0.3) is 0 Å². The summed E-state index contributed by atoms with van der Waals surface area (Å²) in [5.41, 5.74) is -1.32. The second kappa shape index (κ2) is 13.4. The van der Waals surface area contributed by atoms with Crippen LogP contribution in [0.4, 0.5) is 37.2 Å². The maximum Gasteiger partial charge on any atom is 0.418 e. The van der Waals surface area contributed by atoms with Crippen molar-refractivity contribution in [2.24, 2.45) is 0 Å². The fraction of sp³-hybridized carbons (Fsp3) is 0.393. The fourth-order valence-corrected chi connectivity index (χ4v) is 5.22. The number of ether oxygens (including phenoxy) is 1. The molecule has 0 saturated carbocycles. The van der Waals surface area contributed by atoms with Crippen LogP contribution in [0.3, 0.4) is 0 Å². The van der Waals surface area contributed by atoms with Gasteiger partial charge in [-0.05, 0) is 42.7 Å². The number of carboxylic acid groups (broad SMARTS) is 1. The molecule has 15 heteroatoms. The molecule has 4 rings (SSSR count). The maximum absolute atomic E-state index is 14.1. The molecule has 43 heavy (non-hydrogen) atoms. The summed E-state index contributed by atoms with van der Waals surface area (Å²) >= 11 is 0. The smallest absolute Gasteiger partial charge is 0.418 e. The summed E-state index contributed by atoms with van der Waals surface area (Å²) < 4.78 is 72.9. The molecule has 232 valence electrons. The Morgan fingerprint density at radius 1 is 1.07 bits per heavy atom. The lowest BCUT2D eigenvalue weighted by molar-refractivity contribution is -0.137. The Labute approximate surface area is 243 Å². The van der Waals surface area contributed by atoms with Crippen molar-refractivity contribution in [3.05, 3.63) is 76.5 Å². The first-order chi connectivity index (χ1) is 20.4. The number of halogens is 5. The van der Waals surface area contributed by atoms with Crippen molar-refractivity contribution in [2.75, 3.05) is 44.8 Å². The van der Waals surface area contributed by atoms with Gasteiger partial charge in [-0.15, -0.1) is 0 Å². The molecule has 10 nitrogen and oxygen atoms in total. The number of carboxylic acids is 1. The highest BCUT2D eigenvalue weighted by Crippen LogP contribution is 2.37. The normalized spacial score (nSPS) is 18.1. The molecule has 0 aliphatic carbocycles. The zero-order chi connectivity index (χ0) is 31.3. The number of anilines is 1. The van der Waals surface area contributed by atoms with Crippen LogP contribution in [0.15, 0.2) is 53.7 Å². The molecule has 0 radical (unpaired) electrons. The SMILES string of the molecule is COCC1=C(C(=O)O)[C@H](c2ccc(F)c(F)c2)N(C(=O)NCCNC2CCN(c3ccccc3C(F)(F)F)CC2)C(=O)N1. The van der Waals surface area contributed by atoms with E-state index in [-0.39, 0.29) is 42.7 Å². The van der Waals surface area contributed by atoms with Gasteiger partial charge >= 0.3 is 24.2 Å². The second-order valence-electron chi connectivity index (χ2n) is 9.97. The van der Waals surface area contributed by atoms with E-state index < -0.39 is 53.0 Å². The number of alkyl halides is 3. The molecule has 2 aliphatic heterocycles. The van der Waals surface area contributed by atoms with Gasteiger partial charge in [0.15, 0.2) is 11.6 Å². The van der Waals surface area contributed by atoms with E-state index >= 15 is 0 Å². The summed E-state index contributed by atoms with van der Waals surface area (Å²) in [4.78, 5) is 40.6. The number of para-hydroxylation sites is 1. The Bertz CT molecular complexity index is 1390. The lowest BCUT2D eigenvalue weighted by Gasteiger charge is -2.36. The van der Waals surface area contributed by atoms with Crippen LogP contribution in [-0.4, -0.2) is 74.0 Å². The van der Waals surface area contributed by atoms with E-state index in [1.54, 1.807) is 11.0 Å². The summed E-state index contributed by atoms with van der Waals surface area (Å²) in [5, 5.41) is 18.0. The summed E-state index contributed by atoms with van der Waals surface area (Å²) in [6.45, 7) is 0.677. The van der Waals surface area contributed by atoms with Crippen LogP contribution in [0.1, 0.15) is 30.0 Å². The summed E-state index contributed by atoms with van der Waals surface area (Å²) in [5.74, 6) is -4.00. The number of imide groups is 1. The van der Waals surface area contributed by atoms with Crippen molar-refractivity contribution < 1.29 is 46.2 Å². The van der Waals surface area contributed by atoms with E-state index in [1.165, 1.54) is 19.2 Å². The number of nitrogens with one attached hydrogen (secondary N) is 3. The summed E-state index contributed by atoms with van der Waals surface area (Å²) in [6.07, 6.45) is -3.38. The van der Waals surface area contributed by atoms with Crippen LogP contribution in [0.5, 0.6) is 0 Å². The molecule has 2 heterocycles. The molecular formula is C28H30F5N5O5. The standard InChI is InChI=1S/C28H30F5N5O5/c1-43-15-21-23(25(39)40)24(16-6-7-19(29)20(30)14-16)38(27(42)36-21)26(41)35-11-10-34-17-8-12-37(13-9-17)22-5-3-2-4-18(22)28(31,32)33/h2-7,14,17,24,34H,8-13,15H2,1H3,(H,35,41)(H,36,42)(H,39,40)/t24-/m0/s1. The third kappa shape index (κ3) is 7.22. The Kier molecular flexibility index (Phi) is 9.86. The van der Waals surface area contributed by atoms with E-state index in [4.69, 9.17) is 4.74 Å². The van der Waals surface area contributed by atoms with Crippen LogP contribution in [0.25, 0.3) is 0 Å². The number of methoxy groups -OCH3 is 1. The zero-order valence-electron chi connectivity index (χ0n) is 23.0. The minimum Gasteiger partial charge on any atom is -0.478 e. The predicted molar refractivity (Wildman–Crippen MR) is 144 cm³/mol. The van der Waals surface area contributed by atoms with Crippen LogP contribution in [0, 0.1) is 11.6 Å². The molecule has 0 spiro atoms. The number of aliphatic carboxylic acids is 1. The fourth-order valence-electron chi connectivity index (χ4n) is 5.22. The van der Waals surface area contributed by atoms with E-state index in [1.807, 2.05) is 0 Å². The van der Waals surface area contributed by atoms with E-state index in [9.17, 15) is 41.4 Å². The summed E-state index contributed by atoms with van der Waals surface area (Å²) in [6, 6.07) is 4.34. The highest BCUT2D eigenvalue weighted by Gasteiger charge is 2.43.